The molecule has 0 fully saturated rings. The van der Waals surface area contributed by atoms with Crippen molar-refractivity contribution < 1.29 is 4.79 Å². The number of hydrogen-bond donors (Lipinski definition) is 0. The van der Waals surface area contributed by atoms with Crippen LogP contribution in [-0.4, -0.2) is 21.3 Å². The largest absolute Gasteiger partial charge is 0.298 e. The topological polar surface area (TPSA) is 34.9 Å². The second-order valence-corrected chi connectivity index (χ2v) is 6.08. The number of Topliss-reactive ketones (excluding diaryl/α,β-unsaturated/α-hetero) is 1. The van der Waals surface area contributed by atoms with Crippen LogP contribution >= 0.6 is 11.8 Å². The number of aryl methyl sites for hydroxylation is 3. The van der Waals surface area contributed by atoms with E-state index in [0.717, 1.165) is 24.4 Å². The minimum absolute atomic E-state index is 0.250. The quantitative estimate of drug-likeness (QED) is 0.732. The molecule has 0 N–H and O–H groups in total. The normalized spacial score (nSPS) is 10.8. The van der Waals surface area contributed by atoms with Gasteiger partial charge in [0.2, 0.25) is 0 Å². The summed E-state index contributed by atoms with van der Waals surface area (Å²) in [5, 5.41) is 4.49. The minimum Gasteiger partial charge on any atom is -0.298 e. The van der Waals surface area contributed by atoms with Crippen molar-refractivity contribution in [3.8, 4) is 0 Å². The maximum absolute atomic E-state index is 12.2. The molecule has 0 aliphatic carbocycles. The first-order chi connectivity index (χ1) is 10.1. The van der Waals surface area contributed by atoms with Crippen LogP contribution in [0.15, 0.2) is 35.2 Å². The maximum atomic E-state index is 12.2. The zero-order valence-corrected chi connectivity index (χ0v) is 13.7. The summed E-state index contributed by atoms with van der Waals surface area (Å²) < 4.78 is 1.94. The number of benzene rings is 1. The molecule has 0 aliphatic heterocycles. The lowest BCUT2D eigenvalue weighted by Crippen LogP contribution is -2.11. The van der Waals surface area contributed by atoms with Crippen LogP contribution in [0.4, 0.5) is 0 Å². The van der Waals surface area contributed by atoms with E-state index >= 15 is 0 Å². The van der Waals surface area contributed by atoms with Gasteiger partial charge in [0.1, 0.15) is 5.78 Å². The van der Waals surface area contributed by atoms with Gasteiger partial charge in [-0.1, -0.05) is 25.1 Å². The van der Waals surface area contributed by atoms with Crippen LogP contribution in [0.5, 0.6) is 0 Å². The highest BCUT2D eigenvalue weighted by Gasteiger charge is 2.11. The summed E-state index contributed by atoms with van der Waals surface area (Å²) in [5.41, 5.74) is 3.32. The molecule has 0 atom stereocenters. The van der Waals surface area contributed by atoms with Crippen molar-refractivity contribution in [2.45, 2.75) is 45.1 Å². The van der Waals surface area contributed by atoms with Gasteiger partial charge in [0, 0.05) is 23.6 Å². The fourth-order valence-corrected chi connectivity index (χ4v) is 3.12. The number of thioether (sulfide) groups is 1. The van der Waals surface area contributed by atoms with Crippen LogP contribution in [-0.2, 0) is 24.2 Å². The van der Waals surface area contributed by atoms with Gasteiger partial charge in [-0.2, -0.15) is 5.10 Å². The Hall–Kier alpha value is -1.55. The lowest BCUT2D eigenvalue weighted by Gasteiger charge is -2.06. The Labute approximate surface area is 130 Å². The second-order valence-electron chi connectivity index (χ2n) is 5.07. The Morgan fingerprint density at radius 2 is 2.05 bits per heavy atom. The Morgan fingerprint density at radius 1 is 1.29 bits per heavy atom. The predicted octanol–water partition coefficient (Wildman–Crippen LogP) is 3.68. The van der Waals surface area contributed by atoms with Gasteiger partial charge in [-0.15, -0.1) is 11.8 Å². The summed E-state index contributed by atoms with van der Waals surface area (Å²) in [5.74, 6) is 0.766. The summed E-state index contributed by atoms with van der Waals surface area (Å²) in [7, 11) is 0. The second kappa shape index (κ2) is 7.46. The van der Waals surface area contributed by atoms with Gasteiger partial charge in [-0.3, -0.25) is 9.48 Å². The molecular formula is C17H22N2OS. The molecule has 0 unspecified atom stereocenters. The molecule has 0 saturated heterocycles. The van der Waals surface area contributed by atoms with Crippen LogP contribution in [0.2, 0.25) is 0 Å². The number of carbonyl (C=O) groups is 1. The molecule has 0 aliphatic rings. The van der Waals surface area contributed by atoms with Crippen molar-refractivity contribution in [1.82, 2.24) is 9.78 Å². The molecule has 0 radical (unpaired) electrons. The van der Waals surface area contributed by atoms with E-state index < -0.39 is 0 Å². The molecule has 1 heterocycles. The zero-order chi connectivity index (χ0) is 15.2. The number of carbonyl (C=O) groups excluding carboxylic acids is 1. The van der Waals surface area contributed by atoms with E-state index in [1.807, 2.05) is 16.8 Å². The zero-order valence-electron chi connectivity index (χ0n) is 12.9. The van der Waals surface area contributed by atoms with Gasteiger partial charge in [-0.25, -0.2) is 0 Å². The summed E-state index contributed by atoms with van der Waals surface area (Å²) in [6.07, 6.45) is 1.38. The summed E-state index contributed by atoms with van der Waals surface area (Å²) >= 11 is 1.62. The molecule has 21 heavy (non-hydrogen) atoms. The van der Waals surface area contributed by atoms with E-state index in [9.17, 15) is 4.79 Å². The van der Waals surface area contributed by atoms with Crippen molar-refractivity contribution in [2.75, 3.05) is 5.75 Å². The summed E-state index contributed by atoms with van der Waals surface area (Å²) in [6.45, 7) is 7.03. The van der Waals surface area contributed by atoms with Crippen LogP contribution in [0, 0.1) is 6.92 Å². The molecule has 0 amide bonds. The summed E-state index contributed by atoms with van der Waals surface area (Å²) in [4.78, 5) is 13.4. The first-order valence-corrected chi connectivity index (χ1v) is 8.38. The Bertz CT molecular complexity index is 619. The molecule has 2 rings (SSSR count). The van der Waals surface area contributed by atoms with Crippen molar-refractivity contribution >= 4 is 17.5 Å². The van der Waals surface area contributed by atoms with Crippen LogP contribution in [0.1, 0.15) is 30.8 Å². The molecule has 112 valence electrons. The lowest BCUT2D eigenvalue weighted by molar-refractivity contribution is -0.116. The first kappa shape index (κ1) is 15.8. The van der Waals surface area contributed by atoms with Gasteiger partial charge < -0.3 is 0 Å². The van der Waals surface area contributed by atoms with E-state index in [-0.39, 0.29) is 5.78 Å². The molecule has 0 bridgehead atoms. The van der Waals surface area contributed by atoms with E-state index in [1.54, 1.807) is 11.8 Å². The average Bonchev–Trinajstić information content (AvgIpc) is 2.88. The number of aromatic nitrogens is 2. The molecule has 1 aromatic carbocycles. The Kier molecular flexibility index (Phi) is 5.62. The van der Waals surface area contributed by atoms with Gasteiger partial charge in [-0.05, 0) is 38.0 Å². The Morgan fingerprint density at radius 3 is 2.71 bits per heavy atom. The van der Waals surface area contributed by atoms with Crippen LogP contribution in [0.25, 0.3) is 0 Å². The third kappa shape index (κ3) is 4.21. The fourth-order valence-electron chi connectivity index (χ4n) is 2.23. The van der Waals surface area contributed by atoms with Crippen molar-refractivity contribution in [2.24, 2.45) is 0 Å². The van der Waals surface area contributed by atoms with Crippen molar-refractivity contribution in [3.63, 3.8) is 0 Å². The smallest absolute Gasteiger partial charge is 0.149 e. The van der Waals surface area contributed by atoms with Gasteiger partial charge in [0.15, 0.2) is 0 Å². The predicted molar refractivity (Wildman–Crippen MR) is 87.9 cm³/mol. The SMILES string of the molecule is CCc1cc(CC(=O)CSc2ccccc2C)n(CC)n1. The molecule has 1 aromatic heterocycles. The lowest BCUT2D eigenvalue weighted by atomic mass is 10.2. The summed E-state index contributed by atoms with van der Waals surface area (Å²) in [6, 6.07) is 10.2. The Balaban J connectivity index is 1.96. The van der Waals surface area contributed by atoms with E-state index in [0.29, 0.717) is 12.2 Å². The number of nitrogens with zero attached hydrogens (tertiary/aromatic N) is 2. The van der Waals surface area contributed by atoms with E-state index in [2.05, 4.69) is 44.1 Å². The van der Waals surface area contributed by atoms with Crippen molar-refractivity contribution in [3.05, 3.63) is 47.3 Å². The number of rotatable bonds is 7. The van der Waals surface area contributed by atoms with Gasteiger partial charge >= 0.3 is 0 Å². The number of ketones is 1. The molecule has 0 saturated carbocycles. The van der Waals surface area contributed by atoms with Gasteiger partial charge in [0.25, 0.3) is 0 Å². The third-order valence-corrected chi connectivity index (χ3v) is 4.67. The monoisotopic (exact) mass is 302 g/mol. The molecule has 2 aromatic rings. The average molecular weight is 302 g/mol. The van der Waals surface area contributed by atoms with E-state index in [4.69, 9.17) is 0 Å². The van der Waals surface area contributed by atoms with Crippen molar-refractivity contribution in [1.29, 1.82) is 0 Å². The molecule has 4 heteroatoms. The molecular weight excluding hydrogens is 280 g/mol. The minimum atomic E-state index is 0.250. The van der Waals surface area contributed by atoms with Gasteiger partial charge in [0.05, 0.1) is 11.4 Å². The fraction of sp³-hybridized carbons (Fsp3) is 0.412. The van der Waals surface area contributed by atoms with Crippen LogP contribution in [0.3, 0.4) is 0 Å². The highest BCUT2D eigenvalue weighted by Crippen LogP contribution is 2.22. The third-order valence-electron chi connectivity index (χ3n) is 3.44. The highest BCUT2D eigenvalue weighted by atomic mass is 32.2. The highest BCUT2D eigenvalue weighted by molar-refractivity contribution is 8.00. The molecule has 0 spiro atoms. The maximum Gasteiger partial charge on any atom is 0.149 e. The molecule has 3 nitrogen and oxygen atoms in total. The standard InChI is InChI=1S/C17H22N2OS/c1-4-14-10-15(19(5-2)18-14)11-16(20)12-21-17-9-7-6-8-13(17)3/h6-10H,4-5,11-12H2,1-3H3. The number of hydrogen-bond acceptors (Lipinski definition) is 3. The van der Waals surface area contributed by atoms with Crippen LogP contribution < -0.4 is 0 Å². The first-order valence-electron chi connectivity index (χ1n) is 7.39. The van der Waals surface area contributed by atoms with E-state index in [1.165, 1.54) is 10.5 Å².